The average Bonchev–Trinajstić information content (AvgIpc) is 2.91. The van der Waals surface area contributed by atoms with Crippen LogP contribution in [-0.2, 0) is 4.79 Å². The van der Waals surface area contributed by atoms with Crippen molar-refractivity contribution in [3.8, 4) is 0 Å². The fourth-order valence-electron chi connectivity index (χ4n) is 1.96. The number of nitrogens with zero attached hydrogens (tertiary/aromatic N) is 1. The van der Waals surface area contributed by atoms with Crippen molar-refractivity contribution in [3.05, 3.63) is 58.5 Å². The predicted octanol–water partition coefficient (Wildman–Crippen LogP) is 2.34. The molecule has 1 aromatic carbocycles. The minimum atomic E-state index is -0.838. The van der Waals surface area contributed by atoms with Crippen LogP contribution < -0.4 is 5.73 Å². The summed E-state index contributed by atoms with van der Waals surface area (Å²) >= 11 is 3.33. The summed E-state index contributed by atoms with van der Waals surface area (Å²) in [5.41, 5.74) is 6.45. The number of rotatable bonds is 4. The van der Waals surface area contributed by atoms with E-state index < -0.39 is 11.9 Å². The summed E-state index contributed by atoms with van der Waals surface area (Å²) in [7, 11) is 1.53. The van der Waals surface area contributed by atoms with Crippen LogP contribution in [0.15, 0.2) is 51.7 Å². The first-order valence-corrected chi connectivity index (χ1v) is 6.64. The number of amides is 2. The molecule has 2 aromatic rings. The van der Waals surface area contributed by atoms with E-state index in [0.29, 0.717) is 11.1 Å². The lowest BCUT2D eigenvalue weighted by Gasteiger charge is -2.25. The predicted molar refractivity (Wildman–Crippen MR) is 76.9 cm³/mol. The van der Waals surface area contributed by atoms with Crippen LogP contribution in [0, 0.1) is 0 Å². The molecule has 2 amide bonds. The Morgan fingerprint density at radius 1 is 1.35 bits per heavy atom. The van der Waals surface area contributed by atoms with Crippen molar-refractivity contribution in [2.45, 2.75) is 6.04 Å². The molecule has 1 heterocycles. The Balaban J connectivity index is 2.34. The molecule has 1 atom stereocenters. The number of benzene rings is 1. The molecule has 104 valence electrons. The Hall–Kier alpha value is -2.08. The summed E-state index contributed by atoms with van der Waals surface area (Å²) in [6.07, 6.45) is 2.73. The van der Waals surface area contributed by atoms with Gasteiger partial charge in [0.2, 0.25) is 5.91 Å². The molecule has 0 aliphatic rings. The summed E-state index contributed by atoms with van der Waals surface area (Å²) < 4.78 is 5.69. The smallest absolute Gasteiger partial charge is 0.257 e. The molecule has 0 aliphatic heterocycles. The van der Waals surface area contributed by atoms with Crippen LogP contribution in [0.3, 0.4) is 0 Å². The van der Waals surface area contributed by atoms with Crippen LogP contribution in [0.1, 0.15) is 22.0 Å². The third-order valence-corrected chi connectivity index (χ3v) is 3.40. The van der Waals surface area contributed by atoms with Crippen LogP contribution in [-0.4, -0.2) is 23.8 Å². The maximum Gasteiger partial charge on any atom is 0.257 e. The average molecular weight is 337 g/mol. The molecule has 0 saturated heterocycles. The highest BCUT2D eigenvalue weighted by Gasteiger charge is 2.27. The molecule has 0 unspecified atom stereocenters. The van der Waals surface area contributed by atoms with E-state index in [1.54, 1.807) is 18.2 Å². The van der Waals surface area contributed by atoms with Gasteiger partial charge in [0.05, 0.1) is 11.8 Å². The zero-order valence-electron chi connectivity index (χ0n) is 10.7. The maximum absolute atomic E-state index is 12.3. The van der Waals surface area contributed by atoms with Crippen LogP contribution >= 0.6 is 15.9 Å². The summed E-state index contributed by atoms with van der Waals surface area (Å²) in [6.45, 7) is 0. The van der Waals surface area contributed by atoms with Gasteiger partial charge in [-0.05, 0) is 23.8 Å². The molecule has 0 fully saturated rings. The van der Waals surface area contributed by atoms with Crippen LogP contribution in [0.4, 0.5) is 0 Å². The fourth-order valence-corrected chi connectivity index (χ4v) is 2.38. The molecule has 0 radical (unpaired) electrons. The van der Waals surface area contributed by atoms with E-state index in [0.717, 1.165) is 4.47 Å². The van der Waals surface area contributed by atoms with E-state index in [1.165, 1.54) is 30.5 Å². The minimum Gasteiger partial charge on any atom is -0.472 e. The molecular weight excluding hydrogens is 324 g/mol. The maximum atomic E-state index is 12.3. The molecule has 0 saturated carbocycles. The Kier molecular flexibility index (Phi) is 4.24. The van der Waals surface area contributed by atoms with Gasteiger partial charge in [-0.15, -0.1) is 0 Å². The Morgan fingerprint density at radius 2 is 2.10 bits per heavy atom. The number of nitrogens with two attached hydrogens (primary N) is 1. The summed E-state index contributed by atoms with van der Waals surface area (Å²) in [5.74, 6) is -0.926. The van der Waals surface area contributed by atoms with E-state index in [-0.39, 0.29) is 5.91 Å². The topological polar surface area (TPSA) is 76.5 Å². The number of hydrogen-bond acceptors (Lipinski definition) is 3. The molecule has 20 heavy (non-hydrogen) atoms. The largest absolute Gasteiger partial charge is 0.472 e. The summed E-state index contributed by atoms with van der Waals surface area (Å²) in [6, 6.07) is 7.83. The molecule has 0 spiro atoms. The molecular formula is C14H13BrN2O3. The van der Waals surface area contributed by atoms with Gasteiger partial charge in [0.15, 0.2) is 0 Å². The van der Waals surface area contributed by atoms with Crippen molar-refractivity contribution < 1.29 is 14.0 Å². The van der Waals surface area contributed by atoms with Gasteiger partial charge in [0, 0.05) is 11.5 Å². The van der Waals surface area contributed by atoms with Crippen LogP contribution in [0.5, 0.6) is 0 Å². The second kappa shape index (κ2) is 5.92. The fraction of sp³-hybridized carbons (Fsp3) is 0.143. The first-order chi connectivity index (χ1) is 9.50. The zero-order chi connectivity index (χ0) is 14.7. The molecule has 5 nitrogen and oxygen atoms in total. The standard InChI is InChI=1S/C14H13BrN2O3/c1-17(14(19)10-5-6-20-8-10)12(13(16)18)9-3-2-4-11(15)7-9/h2-8,12H,1H3,(H2,16,18)/t12-/m0/s1. The van der Waals surface area contributed by atoms with Crippen molar-refractivity contribution in [2.75, 3.05) is 7.05 Å². The van der Waals surface area contributed by atoms with E-state index in [4.69, 9.17) is 10.2 Å². The molecule has 6 heteroatoms. The van der Waals surface area contributed by atoms with E-state index in [9.17, 15) is 9.59 Å². The van der Waals surface area contributed by atoms with Crippen molar-refractivity contribution >= 4 is 27.7 Å². The molecule has 0 aliphatic carbocycles. The van der Waals surface area contributed by atoms with Crippen LogP contribution in [0.2, 0.25) is 0 Å². The first kappa shape index (κ1) is 14.3. The Labute approximate surface area is 124 Å². The summed E-state index contributed by atoms with van der Waals surface area (Å²) in [4.78, 5) is 25.3. The monoisotopic (exact) mass is 336 g/mol. The summed E-state index contributed by atoms with van der Waals surface area (Å²) in [5, 5.41) is 0. The van der Waals surface area contributed by atoms with Crippen molar-refractivity contribution in [1.82, 2.24) is 4.90 Å². The van der Waals surface area contributed by atoms with Gasteiger partial charge in [-0.1, -0.05) is 28.1 Å². The van der Waals surface area contributed by atoms with E-state index in [2.05, 4.69) is 15.9 Å². The SMILES string of the molecule is CN(C(=O)c1ccoc1)[C@H](C(N)=O)c1cccc(Br)c1. The second-order valence-corrected chi connectivity index (χ2v) is 5.20. The number of furan rings is 1. The van der Waals surface area contributed by atoms with Gasteiger partial charge >= 0.3 is 0 Å². The first-order valence-electron chi connectivity index (χ1n) is 5.85. The lowest BCUT2D eigenvalue weighted by molar-refractivity contribution is -0.122. The lowest BCUT2D eigenvalue weighted by atomic mass is 10.0. The van der Waals surface area contributed by atoms with Gasteiger partial charge < -0.3 is 15.1 Å². The zero-order valence-corrected chi connectivity index (χ0v) is 12.3. The van der Waals surface area contributed by atoms with E-state index in [1.807, 2.05) is 6.07 Å². The van der Waals surface area contributed by atoms with Crippen molar-refractivity contribution in [1.29, 1.82) is 0 Å². The third-order valence-electron chi connectivity index (χ3n) is 2.91. The number of carbonyl (C=O) groups excluding carboxylic acids is 2. The molecule has 2 N–H and O–H groups in total. The normalized spacial score (nSPS) is 11.9. The molecule has 1 aromatic heterocycles. The Bertz CT molecular complexity index is 625. The van der Waals surface area contributed by atoms with Crippen molar-refractivity contribution in [2.24, 2.45) is 5.73 Å². The highest BCUT2D eigenvalue weighted by Crippen LogP contribution is 2.24. The highest BCUT2D eigenvalue weighted by molar-refractivity contribution is 9.10. The van der Waals surface area contributed by atoms with Gasteiger partial charge in [-0.3, -0.25) is 9.59 Å². The number of likely N-dealkylation sites (N-methyl/N-ethyl adjacent to an activating group) is 1. The molecule has 2 rings (SSSR count). The van der Waals surface area contributed by atoms with Gasteiger partial charge in [0.25, 0.3) is 5.91 Å². The highest BCUT2D eigenvalue weighted by atomic mass is 79.9. The van der Waals surface area contributed by atoms with Gasteiger partial charge in [-0.25, -0.2) is 0 Å². The lowest BCUT2D eigenvalue weighted by Crippen LogP contribution is -2.39. The quantitative estimate of drug-likeness (QED) is 0.930. The van der Waals surface area contributed by atoms with Gasteiger partial charge in [-0.2, -0.15) is 0 Å². The second-order valence-electron chi connectivity index (χ2n) is 4.29. The number of halogens is 1. The molecule has 0 bridgehead atoms. The number of hydrogen-bond donors (Lipinski definition) is 1. The number of primary amides is 1. The number of carbonyl (C=O) groups is 2. The third kappa shape index (κ3) is 2.91. The Morgan fingerprint density at radius 3 is 2.65 bits per heavy atom. The van der Waals surface area contributed by atoms with E-state index >= 15 is 0 Å². The van der Waals surface area contributed by atoms with Gasteiger partial charge in [0.1, 0.15) is 12.3 Å². The van der Waals surface area contributed by atoms with Crippen molar-refractivity contribution in [3.63, 3.8) is 0 Å². The van der Waals surface area contributed by atoms with Crippen LogP contribution in [0.25, 0.3) is 0 Å². The minimum absolute atomic E-state index is 0.331.